The van der Waals surface area contributed by atoms with Gasteiger partial charge in [0.2, 0.25) is 10.0 Å². The largest absolute Gasteiger partial charge is 0.326 e. The molecule has 0 atom stereocenters. The van der Waals surface area contributed by atoms with Crippen molar-refractivity contribution in [1.82, 2.24) is 4.72 Å². The van der Waals surface area contributed by atoms with E-state index in [9.17, 15) is 8.42 Å². The van der Waals surface area contributed by atoms with E-state index >= 15 is 0 Å². The van der Waals surface area contributed by atoms with Crippen LogP contribution in [0.5, 0.6) is 0 Å². The lowest BCUT2D eigenvalue weighted by molar-refractivity contribution is 0.316. The number of rotatable bonds is 5. The molecule has 0 bridgehead atoms. The fourth-order valence-corrected chi connectivity index (χ4v) is 4.31. The van der Waals surface area contributed by atoms with Crippen LogP contribution < -0.4 is 10.5 Å². The molecule has 0 spiro atoms. The van der Waals surface area contributed by atoms with Gasteiger partial charge in [0.05, 0.1) is 4.90 Å². The number of hydrogen-bond donors (Lipinski definition) is 2. The van der Waals surface area contributed by atoms with Crippen LogP contribution >= 0.6 is 15.9 Å². The number of aryl methyl sites for hydroxylation is 1. The number of hydrogen-bond acceptors (Lipinski definition) is 3. The van der Waals surface area contributed by atoms with Crippen molar-refractivity contribution in [3.05, 3.63) is 27.7 Å². The third kappa shape index (κ3) is 3.37. The fourth-order valence-electron chi connectivity index (χ4n) is 2.12. The summed E-state index contributed by atoms with van der Waals surface area (Å²) in [7, 11) is -3.47. The van der Waals surface area contributed by atoms with Gasteiger partial charge < -0.3 is 5.73 Å². The van der Waals surface area contributed by atoms with E-state index in [-0.39, 0.29) is 4.90 Å². The van der Waals surface area contributed by atoms with Crippen molar-refractivity contribution in [2.45, 2.75) is 37.6 Å². The minimum Gasteiger partial charge on any atom is -0.326 e. The van der Waals surface area contributed by atoms with Crippen molar-refractivity contribution >= 4 is 26.0 Å². The normalized spacial score (nSPS) is 16.4. The van der Waals surface area contributed by atoms with Crippen LogP contribution in [0.1, 0.15) is 30.4 Å². The van der Waals surface area contributed by atoms with Crippen molar-refractivity contribution in [3.8, 4) is 0 Å². The molecular weight excluding hydrogens is 328 g/mol. The first-order chi connectivity index (χ1) is 8.94. The van der Waals surface area contributed by atoms with E-state index in [0.29, 0.717) is 23.5 Å². The second-order valence-electron chi connectivity index (χ2n) is 5.08. The molecule has 3 N–H and O–H groups in total. The Morgan fingerprint density at radius 1 is 1.42 bits per heavy atom. The van der Waals surface area contributed by atoms with Gasteiger partial charge >= 0.3 is 0 Å². The second kappa shape index (κ2) is 5.91. The van der Waals surface area contributed by atoms with Gasteiger partial charge in [0.1, 0.15) is 0 Å². The van der Waals surface area contributed by atoms with Crippen LogP contribution in [-0.4, -0.2) is 15.0 Å². The third-order valence-electron chi connectivity index (χ3n) is 3.59. The molecule has 0 aliphatic heterocycles. The van der Waals surface area contributed by atoms with Gasteiger partial charge in [0, 0.05) is 17.6 Å². The zero-order chi connectivity index (χ0) is 14.0. The maximum Gasteiger partial charge on any atom is 0.241 e. The first-order valence-electron chi connectivity index (χ1n) is 6.43. The summed E-state index contributed by atoms with van der Waals surface area (Å²) in [5.74, 6) is 0.493. The zero-order valence-corrected chi connectivity index (χ0v) is 13.4. The maximum absolute atomic E-state index is 12.3. The van der Waals surface area contributed by atoms with Crippen LogP contribution in [0.4, 0.5) is 0 Å². The minimum atomic E-state index is -3.47. The van der Waals surface area contributed by atoms with Gasteiger partial charge in [0.25, 0.3) is 0 Å². The van der Waals surface area contributed by atoms with Gasteiger partial charge in [-0.2, -0.15) is 0 Å². The van der Waals surface area contributed by atoms with E-state index in [4.69, 9.17) is 5.73 Å². The predicted octanol–water partition coefficient (Wildman–Crippen LogP) is 2.29. The topological polar surface area (TPSA) is 72.2 Å². The van der Waals surface area contributed by atoms with Crippen molar-refractivity contribution in [1.29, 1.82) is 0 Å². The molecule has 19 heavy (non-hydrogen) atoms. The average molecular weight is 347 g/mol. The highest BCUT2D eigenvalue weighted by molar-refractivity contribution is 9.10. The molecular formula is C13H19BrN2O2S. The van der Waals surface area contributed by atoms with Crippen LogP contribution in [0.25, 0.3) is 0 Å². The van der Waals surface area contributed by atoms with E-state index < -0.39 is 10.0 Å². The first-order valence-corrected chi connectivity index (χ1v) is 8.70. The van der Waals surface area contributed by atoms with Crippen LogP contribution in [0.2, 0.25) is 0 Å². The number of halogens is 1. The lowest BCUT2D eigenvalue weighted by Crippen LogP contribution is -2.32. The Morgan fingerprint density at radius 2 is 2.11 bits per heavy atom. The molecule has 0 saturated heterocycles. The van der Waals surface area contributed by atoms with Crippen molar-refractivity contribution in [3.63, 3.8) is 0 Å². The van der Waals surface area contributed by atoms with Crippen LogP contribution in [0, 0.1) is 12.8 Å². The highest BCUT2D eigenvalue weighted by Gasteiger charge is 2.23. The van der Waals surface area contributed by atoms with Gasteiger partial charge in [-0.3, -0.25) is 0 Å². The molecule has 2 rings (SSSR count). The Morgan fingerprint density at radius 3 is 2.63 bits per heavy atom. The lowest BCUT2D eigenvalue weighted by atomic mass is 9.86. The first kappa shape index (κ1) is 15.0. The summed E-state index contributed by atoms with van der Waals surface area (Å²) in [6.45, 7) is 2.73. The molecule has 0 heterocycles. The standard InChI is InChI=1S/C13H19BrN2O2S/c1-9-5-11(7-15)6-12(13(9)14)19(17,18)16-8-10-3-2-4-10/h5-6,10,16H,2-4,7-8,15H2,1H3. The molecule has 4 nitrogen and oxygen atoms in total. The van der Waals surface area contributed by atoms with Crippen molar-refractivity contribution in [2.24, 2.45) is 11.7 Å². The highest BCUT2D eigenvalue weighted by Crippen LogP contribution is 2.29. The Balaban J connectivity index is 2.25. The van der Waals surface area contributed by atoms with E-state index in [1.807, 2.05) is 13.0 Å². The summed E-state index contributed by atoms with van der Waals surface area (Å²) < 4.78 is 28.0. The van der Waals surface area contributed by atoms with E-state index in [0.717, 1.165) is 24.0 Å². The fraction of sp³-hybridized carbons (Fsp3) is 0.538. The Hall–Kier alpha value is -0.430. The van der Waals surface area contributed by atoms with Crippen molar-refractivity contribution < 1.29 is 8.42 Å². The Bertz CT molecular complexity index is 568. The molecule has 0 aromatic heterocycles. The van der Waals surface area contributed by atoms with Gasteiger partial charge in [-0.05, 0) is 58.8 Å². The molecule has 1 aromatic rings. The summed E-state index contributed by atoms with van der Waals surface area (Å²) in [4.78, 5) is 0.285. The van der Waals surface area contributed by atoms with Gasteiger partial charge in [-0.1, -0.05) is 12.5 Å². The molecule has 1 aromatic carbocycles. The number of nitrogens with one attached hydrogen (secondary N) is 1. The summed E-state index contributed by atoms with van der Waals surface area (Å²) in [5.41, 5.74) is 7.31. The molecule has 6 heteroatoms. The van der Waals surface area contributed by atoms with Gasteiger partial charge in [-0.15, -0.1) is 0 Å². The maximum atomic E-state index is 12.3. The Kier molecular flexibility index (Phi) is 4.66. The summed E-state index contributed by atoms with van der Waals surface area (Å²) in [6, 6.07) is 3.54. The SMILES string of the molecule is Cc1cc(CN)cc(S(=O)(=O)NCC2CCC2)c1Br. The molecule has 0 amide bonds. The van der Waals surface area contributed by atoms with Crippen LogP contribution in [-0.2, 0) is 16.6 Å². The zero-order valence-electron chi connectivity index (χ0n) is 10.9. The monoisotopic (exact) mass is 346 g/mol. The third-order valence-corrected chi connectivity index (χ3v) is 6.36. The lowest BCUT2D eigenvalue weighted by Gasteiger charge is -2.25. The highest BCUT2D eigenvalue weighted by atomic mass is 79.9. The quantitative estimate of drug-likeness (QED) is 0.858. The molecule has 1 fully saturated rings. The van der Waals surface area contributed by atoms with Crippen LogP contribution in [0.15, 0.2) is 21.5 Å². The Labute approximate surface area is 122 Å². The summed E-state index contributed by atoms with van der Waals surface area (Å²) in [6.07, 6.45) is 3.44. The summed E-state index contributed by atoms with van der Waals surface area (Å²) >= 11 is 3.36. The predicted molar refractivity (Wildman–Crippen MR) is 79.3 cm³/mol. The van der Waals surface area contributed by atoms with Crippen molar-refractivity contribution in [2.75, 3.05) is 6.54 Å². The molecule has 1 saturated carbocycles. The van der Waals surface area contributed by atoms with Gasteiger partial charge in [-0.25, -0.2) is 13.1 Å². The van der Waals surface area contributed by atoms with E-state index in [1.54, 1.807) is 6.07 Å². The smallest absolute Gasteiger partial charge is 0.241 e. The molecule has 1 aliphatic carbocycles. The van der Waals surface area contributed by atoms with Crippen LogP contribution in [0.3, 0.4) is 0 Å². The molecule has 0 unspecified atom stereocenters. The van der Waals surface area contributed by atoms with Gasteiger partial charge in [0.15, 0.2) is 0 Å². The van der Waals surface area contributed by atoms with E-state index in [2.05, 4.69) is 20.7 Å². The van der Waals surface area contributed by atoms with E-state index in [1.165, 1.54) is 6.42 Å². The number of nitrogens with two attached hydrogens (primary N) is 1. The minimum absolute atomic E-state index is 0.285. The number of benzene rings is 1. The second-order valence-corrected chi connectivity index (χ2v) is 7.61. The summed E-state index contributed by atoms with van der Waals surface area (Å²) in [5, 5.41) is 0. The molecule has 106 valence electrons. The molecule has 0 radical (unpaired) electrons. The molecule has 1 aliphatic rings. The average Bonchev–Trinajstić information content (AvgIpc) is 2.30. The number of sulfonamides is 1.